The summed E-state index contributed by atoms with van der Waals surface area (Å²) in [6, 6.07) is 0. The molecule has 2 aliphatic heterocycles. The number of nitrogens with zero attached hydrogens (tertiary/aromatic N) is 3. The second kappa shape index (κ2) is 8.90. The van der Waals surface area contributed by atoms with E-state index in [4.69, 9.17) is 5.73 Å². The van der Waals surface area contributed by atoms with Gasteiger partial charge in [-0.1, -0.05) is 6.42 Å². The van der Waals surface area contributed by atoms with Crippen LogP contribution < -0.4 is 5.73 Å². The third-order valence-corrected chi connectivity index (χ3v) is 4.57. The Labute approximate surface area is 118 Å². The molecule has 2 fully saturated rings. The van der Waals surface area contributed by atoms with Crippen LogP contribution in [-0.4, -0.2) is 80.1 Å². The number of hydrogen-bond donors (Lipinski definition) is 1. The van der Waals surface area contributed by atoms with Crippen LogP contribution in [-0.2, 0) is 0 Å². The van der Waals surface area contributed by atoms with E-state index in [0.717, 1.165) is 6.54 Å². The van der Waals surface area contributed by atoms with E-state index in [1.807, 2.05) is 0 Å². The van der Waals surface area contributed by atoms with Gasteiger partial charge in [-0.3, -0.25) is 4.90 Å². The fourth-order valence-electron chi connectivity index (χ4n) is 3.18. The third-order valence-electron chi connectivity index (χ3n) is 4.57. The number of rotatable bonds is 8. The minimum Gasteiger partial charge on any atom is -0.330 e. The van der Waals surface area contributed by atoms with Gasteiger partial charge in [-0.25, -0.2) is 0 Å². The van der Waals surface area contributed by atoms with Gasteiger partial charge in [0, 0.05) is 39.3 Å². The number of likely N-dealkylation sites (tertiary alicyclic amines) is 1. The van der Waals surface area contributed by atoms with Crippen LogP contribution in [0.5, 0.6) is 0 Å². The summed E-state index contributed by atoms with van der Waals surface area (Å²) in [6.07, 6.45) is 6.64. The normalized spacial score (nSPS) is 23.2. The van der Waals surface area contributed by atoms with Gasteiger partial charge in [-0.15, -0.1) is 0 Å². The van der Waals surface area contributed by atoms with Crippen LogP contribution in [0.3, 0.4) is 0 Å². The Hall–Kier alpha value is -0.160. The van der Waals surface area contributed by atoms with Gasteiger partial charge in [-0.05, 0) is 51.9 Å². The van der Waals surface area contributed by atoms with Crippen LogP contribution in [0, 0.1) is 0 Å². The maximum atomic E-state index is 5.53. The molecule has 2 aliphatic rings. The van der Waals surface area contributed by atoms with E-state index in [1.165, 1.54) is 91.0 Å². The summed E-state index contributed by atoms with van der Waals surface area (Å²) in [5.74, 6) is 0. The van der Waals surface area contributed by atoms with Gasteiger partial charge >= 0.3 is 0 Å². The summed E-state index contributed by atoms with van der Waals surface area (Å²) in [5, 5.41) is 0. The molecule has 0 radical (unpaired) electrons. The van der Waals surface area contributed by atoms with Crippen LogP contribution in [0.25, 0.3) is 0 Å². The van der Waals surface area contributed by atoms with Crippen molar-refractivity contribution in [3.05, 3.63) is 0 Å². The zero-order valence-electron chi connectivity index (χ0n) is 12.5. The molecule has 0 aromatic carbocycles. The molecule has 0 aromatic rings. The van der Waals surface area contributed by atoms with Crippen molar-refractivity contribution in [1.29, 1.82) is 0 Å². The predicted molar refractivity (Wildman–Crippen MR) is 81.5 cm³/mol. The Morgan fingerprint density at radius 3 is 1.68 bits per heavy atom. The molecule has 0 aliphatic carbocycles. The fourth-order valence-corrected chi connectivity index (χ4v) is 3.18. The molecule has 0 saturated carbocycles. The van der Waals surface area contributed by atoms with Crippen LogP contribution in [0.4, 0.5) is 0 Å². The lowest BCUT2D eigenvalue weighted by Crippen LogP contribution is -2.48. The van der Waals surface area contributed by atoms with E-state index in [2.05, 4.69) is 14.7 Å². The Balaban J connectivity index is 1.49. The predicted octanol–water partition coefficient (Wildman–Crippen LogP) is 0.829. The standard InChI is InChI=1S/C15H32N4/c16-6-2-1-3-7-18-11-14-19(15-12-18)13-10-17-8-4-5-9-17/h1-16H2. The van der Waals surface area contributed by atoms with Crippen molar-refractivity contribution in [2.24, 2.45) is 5.73 Å². The molecule has 0 spiro atoms. The first-order valence-electron chi connectivity index (χ1n) is 8.25. The minimum atomic E-state index is 0.851. The molecule has 0 unspecified atom stereocenters. The lowest BCUT2D eigenvalue weighted by Gasteiger charge is -2.35. The van der Waals surface area contributed by atoms with E-state index in [9.17, 15) is 0 Å². The summed E-state index contributed by atoms with van der Waals surface area (Å²) in [7, 11) is 0. The number of piperazine rings is 1. The quantitative estimate of drug-likeness (QED) is 0.662. The van der Waals surface area contributed by atoms with Gasteiger partial charge in [0.05, 0.1) is 0 Å². The van der Waals surface area contributed by atoms with Crippen molar-refractivity contribution in [2.45, 2.75) is 32.1 Å². The monoisotopic (exact) mass is 268 g/mol. The first kappa shape index (κ1) is 15.2. The molecule has 19 heavy (non-hydrogen) atoms. The van der Waals surface area contributed by atoms with Crippen molar-refractivity contribution >= 4 is 0 Å². The van der Waals surface area contributed by atoms with Gasteiger partial charge < -0.3 is 15.5 Å². The van der Waals surface area contributed by atoms with Crippen molar-refractivity contribution in [2.75, 3.05) is 65.4 Å². The highest BCUT2D eigenvalue weighted by molar-refractivity contribution is 4.74. The molecule has 0 bridgehead atoms. The van der Waals surface area contributed by atoms with Crippen molar-refractivity contribution < 1.29 is 0 Å². The van der Waals surface area contributed by atoms with Crippen LogP contribution in [0.2, 0.25) is 0 Å². The molecule has 0 aromatic heterocycles. The first-order valence-corrected chi connectivity index (χ1v) is 8.25. The van der Waals surface area contributed by atoms with Gasteiger partial charge in [0.25, 0.3) is 0 Å². The molecule has 4 heteroatoms. The van der Waals surface area contributed by atoms with Gasteiger partial charge in [-0.2, -0.15) is 0 Å². The molecule has 0 amide bonds. The number of hydrogen-bond acceptors (Lipinski definition) is 4. The molecular weight excluding hydrogens is 236 g/mol. The molecule has 2 N–H and O–H groups in total. The number of unbranched alkanes of at least 4 members (excludes halogenated alkanes) is 2. The lowest BCUT2D eigenvalue weighted by atomic mass is 10.2. The SMILES string of the molecule is NCCCCCN1CCN(CCN2CCCC2)CC1. The second-order valence-electron chi connectivity index (χ2n) is 6.08. The summed E-state index contributed by atoms with van der Waals surface area (Å²) < 4.78 is 0. The van der Waals surface area contributed by atoms with Crippen molar-refractivity contribution in [1.82, 2.24) is 14.7 Å². The van der Waals surface area contributed by atoms with E-state index >= 15 is 0 Å². The van der Waals surface area contributed by atoms with Gasteiger partial charge in [0.15, 0.2) is 0 Å². The smallest absolute Gasteiger partial charge is 0.0110 e. The largest absolute Gasteiger partial charge is 0.330 e. The highest BCUT2D eigenvalue weighted by atomic mass is 15.3. The molecule has 2 rings (SSSR count). The molecule has 2 heterocycles. The zero-order chi connectivity index (χ0) is 13.3. The summed E-state index contributed by atoms with van der Waals surface area (Å²) >= 11 is 0. The highest BCUT2D eigenvalue weighted by Crippen LogP contribution is 2.08. The van der Waals surface area contributed by atoms with E-state index in [-0.39, 0.29) is 0 Å². The lowest BCUT2D eigenvalue weighted by molar-refractivity contribution is 0.121. The Morgan fingerprint density at radius 2 is 1.11 bits per heavy atom. The Bertz CT molecular complexity index is 220. The molecule has 112 valence electrons. The van der Waals surface area contributed by atoms with Gasteiger partial charge in [0.2, 0.25) is 0 Å². The average molecular weight is 268 g/mol. The van der Waals surface area contributed by atoms with Crippen LogP contribution in [0.1, 0.15) is 32.1 Å². The summed E-state index contributed by atoms with van der Waals surface area (Å²) in [5.41, 5.74) is 5.53. The maximum Gasteiger partial charge on any atom is 0.0110 e. The molecular formula is C15H32N4. The molecule has 4 nitrogen and oxygen atoms in total. The van der Waals surface area contributed by atoms with Crippen molar-refractivity contribution in [3.63, 3.8) is 0 Å². The minimum absolute atomic E-state index is 0.851. The third kappa shape index (κ3) is 5.78. The number of nitrogens with two attached hydrogens (primary N) is 1. The van der Waals surface area contributed by atoms with E-state index in [0.29, 0.717) is 0 Å². The average Bonchev–Trinajstić information content (AvgIpc) is 2.96. The Morgan fingerprint density at radius 1 is 0.579 bits per heavy atom. The van der Waals surface area contributed by atoms with Crippen LogP contribution >= 0.6 is 0 Å². The topological polar surface area (TPSA) is 35.7 Å². The van der Waals surface area contributed by atoms with E-state index < -0.39 is 0 Å². The Kier molecular flexibility index (Phi) is 7.14. The maximum absolute atomic E-state index is 5.53. The fraction of sp³-hybridized carbons (Fsp3) is 1.00. The van der Waals surface area contributed by atoms with Gasteiger partial charge in [0.1, 0.15) is 0 Å². The molecule has 2 saturated heterocycles. The van der Waals surface area contributed by atoms with E-state index in [1.54, 1.807) is 0 Å². The second-order valence-corrected chi connectivity index (χ2v) is 6.08. The summed E-state index contributed by atoms with van der Waals surface area (Å²) in [6.45, 7) is 12.4. The first-order chi connectivity index (χ1) is 9.38. The molecule has 0 atom stereocenters. The van der Waals surface area contributed by atoms with Crippen LogP contribution in [0.15, 0.2) is 0 Å². The van der Waals surface area contributed by atoms with Crippen molar-refractivity contribution in [3.8, 4) is 0 Å². The zero-order valence-corrected chi connectivity index (χ0v) is 12.5. The highest BCUT2D eigenvalue weighted by Gasteiger charge is 2.18. The summed E-state index contributed by atoms with van der Waals surface area (Å²) in [4.78, 5) is 7.90.